The van der Waals surface area contributed by atoms with Gasteiger partial charge in [0.1, 0.15) is 0 Å². The van der Waals surface area contributed by atoms with Crippen LogP contribution < -0.4 is 5.32 Å². The lowest BCUT2D eigenvalue weighted by Gasteiger charge is -2.06. The Morgan fingerprint density at radius 2 is 2.14 bits per heavy atom. The molecule has 0 rings (SSSR count). The minimum atomic E-state index is 0.458. The van der Waals surface area contributed by atoms with Crippen LogP contribution in [0.5, 0.6) is 0 Å². The molecule has 0 saturated carbocycles. The fraction of sp³-hybridized carbons (Fsp3) is 0.667. The second kappa shape index (κ2) is 2.80. The Bertz CT molecular complexity index is 66.6. The summed E-state index contributed by atoms with van der Waals surface area (Å²) in [5.41, 5.74) is 1.18. The number of nitrogens with one attached hydrogen (secondary N) is 1. The largest absolute Gasteiger partial charge is 0.314 e. The highest BCUT2D eigenvalue weighted by atomic mass is 14.8. The average molecular weight is 99.2 g/mol. The molecule has 0 aliphatic carbocycles. The van der Waals surface area contributed by atoms with E-state index in [1.165, 1.54) is 5.57 Å². The van der Waals surface area contributed by atoms with E-state index >= 15 is 0 Å². The van der Waals surface area contributed by atoms with E-state index in [9.17, 15) is 0 Å². The number of rotatable bonds is 2. The van der Waals surface area contributed by atoms with Gasteiger partial charge in [-0.1, -0.05) is 12.2 Å². The van der Waals surface area contributed by atoms with Crippen LogP contribution in [-0.4, -0.2) is 13.1 Å². The van der Waals surface area contributed by atoms with Gasteiger partial charge in [0.25, 0.3) is 0 Å². The van der Waals surface area contributed by atoms with Gasteiger partial charge >= 0.3 is 0 Å². The standard InChI is InChI=1S/C6H13N/c1-5(2)6(3)7-4/h6-7H,1H2,2-4H3. The van der Waals surface area contributed by atoms with E-state index in [2.05, 4.69) is 18.8 Å². The molecule has 1 unspecified atom stereocenters. The zero-order valence-electron chi connectivity index (χ0n) is 5.28. The molecule has 0 heterocycles. The van der Waals surface area contributed by atoms with Crippen molar-refractivity contribution in [3.63, 3.8) is 0 Å². The van der Waals surface area contributed by atoms with Gasteiger partial charge in [-0.05, 0) is 20.9 Å². The first-order valence-corrected chi connectivity index (χ1v) is 2.51. The summed E-state index contributed by atoms with van der Waals surface area (Å²) >= 11 is 0. The quantitative estimate of drug-likeness (QED) is 0.512. The van der Waals surface area contributed by atoms with Gasteiger partial charge in [-0.3, -0.25) is 0 Å². The van der Waals surface area contributed by atoms with Gasteiger partial charge in [0.05, 0.1) is 0 Å². The molecule has 0 bridgehead atoms. The van der Waals surface area contributed by atoms with Crippen LogP contribution in [-0.2, 0) is 0 Å². The van der Waals surface area contributed by atoms with Crippen LogP contribution in [0.4, 0.5) is 0 Å². The molecule has 0 aromatic carbocycles. The monoisotopic (exact) mass is 99.1 g/mol. The highest BCUT2D eigenvalue weighted by molar-refractivity contribution is 4.97. The first kappa shape index (κ1) is 6.70. The Kier molecular flexibility index (Phi) is 2.68. The van der Waals surface area contributed by atoms with E-state index in [1.54, 1.807) is 0 Å². The van der Waals surface area contributed by atoms with Gasteiger partial charge < -0.3 is 5.32 Å². The van der Waals surface area contributed by atoms with Gasteiger partial charge in [0, 0.05) is 6.04 Å². The third-order valence-corrected chi connectivity index (χ3v) is 1.17. The van der Waals surface area contributed by atoms with E-state index in [0.717, 1.165) is 0 Å². The van der Waals surface area contributed by atoms with Crippen LogP contribution in [0.3, 0.4) is 0 Å². The van der Waals surface area contributed by atoms with Crippen LogP contribution in [0.25, 0.3) is 0 Å². The Balaban J connectivity index is 3.34. The molecular formula is C6H13N. The topological polar surface area (TPSA) is 12.0 Å². The summed E-state index contributed by atoms with van der Waals surface area (Å²) in [5, 5.41) is 3.06. The molecule has 1 heteroatoms. The number of likely N-dealkylation sites (N-methyl/N-ethyl adjacent to an activating group) is 1. The molecule has 0 amide bonds. The third-order valence-electron chi connectivity index (χ3n) is 1.17. The SMILES string of the molecule is C=C(C)C(C)NC. The summed E-state index contributed by atoms with van der Waals surface area (Å²) in [7, 11) is 1.93. The summed E-state index contributed by atoms with van der Waals surface area (Å²) in [6, 6.07) is 0.458. The molecule has 1 atom stereocenters. The molecule has 0 aromatic heterocycles. The fourth-order valence-electron chi connectivity index (χ4n) is 0.246. The van der Waals surface area contributed by atoms with Crippen molar-refractivity contribution in [2.24, 2.45) is 0 Å². The molecule has 42 valence electrons. The van der Waals surface area contributed by atoms with E-state index in [0.29, 0.717) is 6.04 Å². The summed E-state index contributed by atoms with van der Waals surface area (Å²) in [6.07, 6.45) is 0. The van der Waals surface area contributed by atoms with E-state index in [-0.39, 0.29) is 0 Å². The van der Waals surface area contributed by atoms with Crippen molar-refractivity contribution in [3.8, 4) is 0 Å². The molecule has 1 nitrogen and oxygen atoms in total. The van der Waals surface area contributed by atoms with E-state index in [4.69, 9.17) is 0 Å². The summed E-state index contributed by atoms with van der Waals surface area (Å²) in [6.45, 7) is 7.86. The molecule has 0 aliphatic heterocycles. The Labute approximate surface area is 45.4 Å². The van der Waals surface area contributed by atoms with Gasteiger partial charge in [-0.25, -0.2) is 0 Å². The minimum Gasteiger partial charge on any atom is -0.314 e. The second-order valence-corrected chi connectivity index (χ2v) is 1.86. The van der Waals surface area contributed by atoms with Crippen molar-refractivity contribution in [1.82, 2.24) is 5.32 Å². The molecule has 0 aromatic rings. The molecule has 0 radical (unpaired) electrons. The minimum absolute atomic E-state index is 0.458. The zero-order chi connectivity index (χ0) is 5.86. The molecule has 0 fully saturated rings. The Hall–Kier alpha value is -0.300. The van der Waals surface area contributed by atoms with Crippen molar-refractivity contribution < 1.29 is 0 Å². The highest BCUT2D eigenvalue weighted by Gasteiger charge is 1.93. The molecule has 0 spiro atoms. The zero-order valence-corrected chi connectivity index (χ0v) is 5.28. The lowest BCUT2D eigenvalue weighted by atomic mass is 10.2. The van der Waals surface area contributed by atoms with Crippen molar-refractivity contribution in [3.05, 3.63) is 12.2 Å². The maximum atomic E-state index is 3.76. The third kappa shape index (κ3) is 2.40. The lowest BCUT2D eigenvalue weighted by molar-refractivity contribution is 0.694. The number of hydrogen-bond donors (Lipinski definition) is 1. The highest BCUT2D eigenvalue weighted by Crippen LogP contribution is 1.92. The normalized spacial score (nSPS) is 13.6. The van der Waals surface area contributed by atoms with Crippen LogP contribution in [0, 0.1) is 0 Å². The van der Waals surface area contributed by atoms with Gasteiger partial charge in [0.2, 0.25) is 0 Å². The molecule has 0 saturated heterocycles. The first-order valence-electron chi connectivity index (χ1n) is 2.51. The van der Waals surface area contributed by atoms with Gasteiger partial charge in [-0.15, -0.1) is 0 Å². The lowest BCUT2D eigenvalue weighted by Crippen LogP contribution is -2.21. The van der Waals surface area contributed by atoms with Gasteiger partial charge in [-0.2, -0.15) is 0 Å². The Morgan fingerprint density at radius 3 is 2.14 bits per heavy atom. The number of hydrogen-bond acceptors (Lipinski definition) is 1. The smallest absolute Gasteiger partial charge is 0.0242 e. The summed E-state index contributed by atoms with van der Waals surface area (Å²) < 4.78 is 0. The van der Waals surface area contributed by atoms with Crippen LogP contribution in [0.2, 0.25) is 0 Å². The summed E-state index contributed by atoms with van der Waals surface area (Å²) in [4.78, 5) is 0. The first-order chi connectivity index (χ1) is 3.18. The van der Waals surface area contributed by atoms with Crippen LogP contribution >= 0.6 is 0 Å². The average Bonchev–Trinajstić information content (AvgIpc) is 1.65. The molecule has 7 heavy (non-hydrogen) atoms. The van der Waals surface area contributed by atoms with Crippen LogP contribution in [0.1, 0.15) is 13.8 Å². The predicted molar refractivity (Wildman–Crippen MR) is 33.3 cm³/mol. The van der Waals surface area contributed by atoms with E-state index in [1.807, 2.05) is 14.0 Å². The summed E-state index contributed by atoms with van der Waals surface area (Å²) in [5.74, 6) is 0. The van der Waals surface area contributed by atoms with Crippen molar-refractivity contribution in [2.45, 2.75) is 19.9 Å². The van der Waals surface area contributed by atoms with Crippen LogP contribution in [0.15, 0.2) is 12.2 Å². The van der Waals surface area contributed by atoms with E-state index < -0.39 is 0 Å². The Morgan fingerprint density at radius 1 is 1.71 bits per heavy atom. The van der Waals surface area contributed by atoms with Crippen molar-refractivity contribution in [1.29, 1.82) is 0 Å². The van der Waals surface area contributed by atoms with Crippen molar-refractivity contribution >= 4 is 0 Å². The molecule has 0 aliphatic rings. The fourth-order valence-corrected chi connectivity index (χ4v) is 0.246. The predicted octanol–water partition coefficient (Wildman–Crippen LogP) is 1.17. The maximum Gasteiger partial charge on any atom is 0.0242 e. The second-order valence-electron chi connectivity index (χ2n) is 1.86. The molecular weight excluding hydrogens is 86.1 g/mol. The molecule has 1 N–H and O–H groups in total. The van der Waals surface area contributed by atoms with Gasteiger partial charge in [0.15, 0.2) is 0 Å². The maximum absolute atomic E-state index is 3.76. The van der Waals surface area contributed by atoms with Crippen molar-refractivity contribution in [2.75, 3.05) is 7.05 Å².